The number of aromatic nitrogens is 4. The molecule has 0 fully saturated rings. The molecule has 2 aromatic rings. The van der Waals surface area contributed by atoms with E-state index in [-0.39, 0.29) is 5.56 Å². The van der Waals surface area contributed by atoms with Crippen molar-refractivity contribution in [1.82, 2.24) is 20.0 Å². The molecule has 0 saturated heterocycles. The maximum absolute atomic E-state index is 12.0. The van der Waals surface area contributed by atoms with E-state index in [1.807, 2.05) is 13.8 Å². The Morgan fingerprint density at radius 1 is 1.37 bits per heavy atom. The molecule has 0 amide bonds. The number of anilines is 2. The van der Waals surface area contributed by atoms with Crippen LogP contribution >= 0.6 is 11.3 Å². The molecule has 0 aliphatic heterocycles. The van der Waals surface area contributed by atoms with Gasteiger partial charge in [-0.25, -0.2) is 4.68 Å². The van der Waals surface area contributed by atoms with Crippen LogP contribution in [0.3, 0.4) is 0 Å². The summed E-state index contributed by atoms with van der Waals surface area (Å²) in [5, 5.41) is 12.8. The number of nitrogen functional groups attached to an aromatic ring is 1. The fourth-order valence-corrected chi connectivity index (χ4v) is 2.35. The highest BCUT2D eigenvalue weighted by Crippen LogP contribution is 2.12. The lowest BCUT2D eigenvalue weighted by molar-refractivity contribution is 0.630. The van der Waals surface area contributed by atoms with Crippen molar-refractivity contribution in [3.63, 3.8) is 0 Å². The standard InChI is InChI=1S/C11H16N6OS/c1-3-16(4-2)8-5-10(18)17(13-6-8)7-9-14-15-11(12)19-9/h5-6H,3-4,7H2,1-2H3,(H2,12,15). The fourth-order valence-electron chi connectivity index (χ4n) is 1.76. The quantitative estimate of drug-likeness (QED) is 0.861. The van der Waals surface area contributed by atoms with Crippen molar-refractivity contribution in [3.8, 4) is 0 Å². The largest absolute Gasteiger partial charge is 0.374 e. The molecule has 0 atom stereocenters. The number of rotatable bonds is 5. The Bertz CT molecular complexity index is 603. The van der Waals surface area contributed by atoms with Crippen LogP contribution in [0.2, 0.25) is 0 Å². The lowest BCUT2D eigenvalue weighted by atomic mass is 10.4. The number of nitrogens with zero attached hydrogens (tertiary/aromatic N) is 5. The van der Waals surface area contributed by atoms with Crippen molar-refractivity contribution in [2.75, 3.05) is 23.7 Å². The predicted octanol–water partition coefficient (Wildman–Crippen LogP) is 0.572. The van der Waals surface area contributed by atoms with Crippen molar-refractivity contribution >= 4 is 22.2 Å². The number of nitrogens with two attached hydrogens (primary N) is 1. The summed E-state index contributed by atoms with van der Waals surface area (Å²) in [5.74, 6) is 0. The Balaban J connectivity index is 2.22. The van der Waals surface area contributed by atoms with Crippen molar-refractivity contribution in [3.05, 3.63) is 27.6 Å². The highest BCUT2D eigenvalue weighted by atomic mass is 32.1. The van der Waals surface area contributed by atoms with E-state index in [1.54, 1.807) is 12.3 Å². The van der Waals surface area contributed by atoms with Gasteiger partial charge in [-0.1, -0.05) is 11.3 Å². The normalized spacial score (nSPS) is 10.6. The zero-order valence-electron chi connectivity index (χ0n) is 10.9. The van der Waals surface area contributed by atoms with Crippen molar-refractivity contribution < 1.29 is 0 Å². The van der Waals surface area contributed by atoms with Crippen molar-refractivity contribution in [2.45, 2.75) is 20.4 Å². The van der Waals surface area contributed by atoms with E-state index in [1.165, 1.54) is 16.0 Å². The minimum Gasteiger partial charge on any atom is -0.374 e. The molecule has 8 heteroatoms. The summed E-state index contributed by atoms with van der Waals surface area (Å²) in [6.07, 6.45) is 1.69. The average molecular weight is 280 g/mol. The first-order valence-electron chi connectivity index (χ1n) is 6.04. The molecule has 2 rings (SSSR count). The van der Waals surface area contributed by atoms with Gasteiger partial charge in [-0.3, -0.25) is 4.79 Å². The molecule has 0 unspecified atom stereocenters. The van der Waals surface area contributed by atoms with Gasteiger partial charge in [0.05, 0.1) is 18.4 Å². The number of hydrogen-bond acceptors (Lipinski definition) is 7. The minimum atomic E-state index is -0.154. The SMILES string of the molecule is CCN(CC)c1cnn(Cc2nnc(N)s2)c(=O)c1. The third kappa shape index (κ3) is 3.08. The summed E-state index contributed by atoms with van der Waals surface area (Å²) in [4.78, 5) is 14.1. The third-order valence-corrected chi connectivity index (χ3v) is 3.49. The van der Waals surface area contributed by atoms with Crippen molar-refractivity contribution in [1.29, 1.82) is 0 Å². The van der Waals surface area contributed by atoms with Crippen LogP contribution in [0, 0.1) is 0 Å². The Kier molecular flexibility index (Phi) is 4.10. The zero-order valence-corrected chi connectivity index (χ0v) is 11.7. The van der Waals surface area contributed by atoms with Crippen LogP contribution < -0.4 is 16.2 Å². The second kappa shape index (κ2) is 5.79. The van der Waals surface area contributed by atoms with E-state index in [0.717, 1.165) is 18.8 Å². The molecule has 0 spiro atoms. The summed E-state index contributed by atoms with van der Waals surface area (Å²) in [6.45, 7) is 6.06. The Morgan fingerprint density at radius 3 is 2.63 bits per heavy atom. The lowest BCUT2D eigenvalue weighted by Crippen LogP contribution is -2.28. The van der Waals surface area contributed by atoms with Crippen LogP contribution in [0.1, 0.15) is 18.9 Å². The molecule has 0 aliphatic carbocycles. The van der Waals surface area contributed by atoms with Crippen LogP contribution in [-0.2, 0) is 6.54 Å². The summed E-state index contributed by atoms with van der Waals surface area (Å²) in [5.41, 5.74) is 6.18. The third-order valence-electron chi connectivity index (χ3n) is 2.75. The molecular weight excluding hydrogens is 264 g/mol. The fraction of sp³-hybridized carbons (Fsp3) is 0.455. The van der Waals surface area contributed by atoms with Crippen LogP contribution in [0.15, 0.2) is 17.1 Å². The Labute approximate surface area is 114 Å². The van der Waals surface area contributed by atoms with Crippen molar-refractivity contribution in [2.24, 2.45) is 0 Å². The zero-order chi connectivity index (χ0) is 13.8. The van der Waals surface area contributed by atoms with Crippen LogP contribution in [-0.4, -0.2) is 33.1 Å². The van der Waals surface area contributed by atoms with E-state index in [4.69, 9.17) is 5.73 Å². The molecule has 0 saturated carbocycles. The smallest absolute Gasteiger partial charge is 0.269 e. The van der Waals surface area contributed by atoms with E-state index in [0.29, 0.717) is 16.7 Å². The highest BCUT2D eigenvalue weighted by molar-refractivity contribution is 7.15. The molecule has 2 heterocycles. The van der Waals surface area contributed by atoms with Gasteiger partial charge in [0.15, 0.2) is 0 Å². The van der Waals surface area contributed by atoms with Gasteiger partial charge in [-0.15, -0.1) is 10.2 Å². The molecule has 19 heavy (non-hydrogen) atoms. The average Bonchev–Trinajstić information content (AvgIpc) is 2.80. The molecule has 2 N–H and O–H groups in total. The van der Waals surface area contributed by atoms with Crippen LogP contribution in [0.25, 0.3) is 0 Å². The molecule has 0 bridgehead atoms. The topological polar surface area (TPSA) is 89.9 Å². The lowest BCUT2D eigenvalue weighted by Gasteiger charge is -2.20. The minimum absolute atomic E-state index is 0.154. The van der Waals surface area contributed by atoms with Gasteiger partial charge in [0.2, 0.25) is 5.13 Å². The second-order valence-electron chi connectivity index (χ2n) is 3.92. The molecule has 2 aromatic heterocycles. The molecule has 0 radical (unpaired) electrons. The van der Waals surface area contributed by atoms with E-state index in [9.17, 15) is 4.79 Å². The maximum atomic E-state index is 12.0. The van der Waals surface area contributed by atoms with E-state index in [2.05, 4.69) is 20.2 Å². The first-order valence-corrected chi connectivity index (χ1v) is 6.85. The van der Waals surface area contributed by atoms with Gasteiger partial charge in [-0.05, 0) is 13.8 Å². The summed E-state index contributed by atoms with van der Waals surface area (Å²) in [7, 11) is 0. The Hall–Kier alpha value is -1.96. The monoisotopic (exact) mass is 280 g/mol. The summed E-state index contributed by atoms with van der Waals surface area (Å²) < 4.78 is 1.35. The summed E-state index contributed by atoms with van der Waals surface area (Å²) in [6, 6.07) is 1.59. The molecule has 0 aliphatic rings. The molecule has 0 aromatic carbocycles. The molecular formula is C11H16N6OS. The van der Waals surface area contributed by atoms with Gasteiger partial charge in [-0.2, -0.15) is 5.10 Å². The van der Waals surface area contributed by atoms with Gasteiger partial charge >= 0.3 is 0 Å². The van der Waals surface area contributed by atoms with Crippen LogP contribution in [0.4, 0.5) is 10.8 Å². The van der Waals surface area contributed by atoms with E-state index >= 15 is 0 Å². The molecule has 102 valence electrons. The first-order chi connectivity index (χ1) is 9.13. The molecule has 7 nitrogen and oxygen atoms in total. The first kappa shape index (κ1) is 13.5. The van der Waals surface area contributed by atoms with Gasteiger partial charge in [0.1, 0.15) is 5.01 Å². The number of hydrogen-bond donors (Lipinski definition) is 1. The predicted molar refractivity (Wildman–Crippen MR) is 75.5 cm³/mol. The van der Waals surface area contributed by atoms with Gasteiger partial charge in [0.25, 0.3) is 5.56 Å². The highest BCUT2D eigenvalue weighted by Gasteiger charge is 2.08. The summed E-state index contributed by atoms with van der Waals surface area (Å²) >= 11 is 1.26. The van der Waals surface area contributed by atoms with Gasteiger partial charge in [0, 0.05) is 19.2 Å². The van der Waals surface area contributed by atoms with Crippen LogP contribution in [0.5, 0.6) is 0 Å². The second-order valence-corrected chi connectivity index (χ2v) is 5.01. The van der Waals surface area contributed by atoms with Gasteiger partial charge < -0.3 is 10.6 Å². The maximum Gasteiger partial charge on any atom is 0.269 e. The van der Waals surface area contributed by atoms with E-state index < -0.39 is 0 Å². The Morgan fingerprint density at radius 2 is 2.11 bits per heavy atom.